The highest BCUT2D eigenvalue weighted by Gasteiger charge is 1.44. The fourth-order valence-electron chi connectivity index (χ4n) is 0.129. The molecule has 1 N–H and O–H groups in total. The van der Waals surface area contributed by atoms with E-state index >= 15 is 0 Å². The van der Waals surface area contributed by atoms with Crippen LogP contribution in [0.1, 0.15) is 27.2 Å². The zero-order chi connectivity index (χ0) is 6.83. The highest BCUT2D eigenvalue weighted by molar-refractivity contribution is 5.52. The van der Waals surface area contributed by atoms with E-state index in [0.717, 1.165) is 0 Å². The van der Waals surface area contributed by atoms with Crippen LogP contribution in [0.15, 0.2) is 5.10 Å². The minimum Gasteiger partial charge on any atom is -0.313 e. The van der Waals surface area contributed by atoms with Gasteiger partial charge in [-0.15, -0.1) is 0 Å². The molecule has 0 aromatic rings. The van der Waals surface area contributed by atoms with Crippen molar-refractivity contribution in [2.75, 3.05) is 7.05 Å². The molecule has 8 heavy (non-hydrogen) atoms. The van der Waals surface area contributed by atoms with Crippen LogP contribution in [0.2, 0.25) is 0 Å². The molecule has 0 atom stereocenters. The van der Waals surface area contributed by atoms with Crippen molar-refractivity contribution in [1.29, 1.82) is 0 Å². The van der Waals surface area contributed by atoms with Crippen molar-refractivity contribution in [2.45, 2.75) is 27.2 Å². The topological polar surface area (TPSA) is 24.4 Å². The van der Waals surface area contributed by atoms with Gasteiger partial charge in [-0.3, -0.25) is 0 Å². The zero-order valence-electron chi connectivity index (χ0n) is 6.23. The SMILES string of the molecule is C/C=N\NC.CCC. The maximum absolute atomic E-state index is 3.60. The molecule has 2 nitrogen and oxygen atoms in total. The second kappa shape index (κ2) is 16.1. The summed E-state index contributed by atoms with van der Waals surface area (Å²) in [5, 5.41) is 3.60. The number of rotatable bonds is 1. The zero-order valence-corrected chi connectivity index (χ0v) is 6.23. The van der Waals surface area contributed by atoms with Crippen LogP contribution in [0.4, 0.5) is 0 Å². The first-order valence-electron chi connectivity index (χ1n) is 2.97. The number of nitrogens with one attached hydrogen (secondary N) is 1. The molecule has 0 heterocycles. The van der Waals surface area contributed by atoms with Gasteiger partial charge in [0, 0.05) is 13.3 Å². The second-order valence-electron chi connectivity index (χ2n) is 1.32. The summed E-state index contributed by atoms with van der Waals surface area (Å²) in [7, 11) is 1.76. The summed E-state index contributed by atoms with van der Waals surface area (Å²) in [6.45, 7) is 6.11. The van der Waals surface area contributed by atoms with Crippen LogP contribution in [0.5, 0.6) is 0 Å². The Hall–Kier alpha value is -0.530. The van der Waals surface area contributed by atoms with Gasteiger partial charge < -0.3 is 5.43 Å². The van der Waals surface area contributed by atoms with Crippen LogP contribution >= 0.6 is 0 Å². The van der Waals surface area contributed by atoms with Gasteiger partial charge in [-0.1, -0.05) is 20.3 Å². The van der Waals surface area contributed by atoms with Crippen molar-refractivity contribution in [3.63, 3.8) is 0 Å². The van der Waals surface area contributed by atoms with E-state index in [0.29, 0.717) is 0 Å². The Morgan fingerprint density at radius 1 is 1.50 bits per heavy atom. The van der Waals surface area contributed by atoms with Gasteiger partial charge >= 0.3 is 0 Å². The van der Waals surface area contributed by atoms with Crippen molar-refractivity contribution >= 4 is 6.21 Å². The molecule has 0 aliphatic carbocycles. The maximum atomic E-state index is 3.60. The van der Waals surface area contributed by atoms with Crippen LogP contribution in [0.25, 0.3) is 0 Å². The lowest BCUT2D eigenvalue weighted by Crippen LogP contribution is -1.90. The van der Waals surface area contributed by atoms with E-state index in [1.54, 1.807) is 13.3 Å². The number of nitrogens with zero attached hydrogens (tertiary/aromatic N) is 1. The summed E-state index contributed by atoms with van der Waals surface area (Å²) in [5.74, 6) is 0. The minimum atomic E-state index is 1.25. The molecular formula is C6H16N2. The molecule has 0 amide bonds. The van der Waals surface area contributed by atoms with Crippen molar-refractivity contribution in [3.8, 4) is 0 Å². The molecule has 0 fully saturated rings. The second-order valence-corrected chi connectivity index (χ2v) is 1.32. The lowest BCUT2D eigenvalue weighted by molar-refractivity contribution is 0.906. The smallest absolute Gasteiger partial charge is 0.0217 e. The Bertz CT molecular complexity index is 41.8. The van der Waals surface area contributed by atoms with E-state index in [1.807, 2.05) is 6.92 Å². The maximum Gasteiger partial charge on any atom is 0.0217 e. The van der Waals surface area contributed by atoms with Crippen molar-refractivity contribution in [2.24, 2.45) is 5.10 Å². The fraction of sp³-hybridized carbons (Fsp3) is 0.833. The quantitative estimate of drug-likeness (QED) is 0.408. The fourth-order valence-corrected chi connectivity index (χ4v) is 0.129. The lowest BCUT2D eigenvalue weighted by atomic mass is 10.6. The Labute approximate surface area is 52.0 Å². The van der Waals surface area contributed by atoms with Crippen LogP contribution in [0, 0.1) is 0 Å². The summed E-state index contributed by atoms with van der Waals surface area (Å²) in [6.07, 6.45) is 2.94. The summed E-state index contributed by atoms with van der Waals surface area (Å²) in [6, 6.07) is 0. The molecule has 0 radical (unpaired) electrons. The molecule has 50 valence electrons. The van der Waals surface area contributed by atoms with Gasteiger partial charge in [-0.2, -0.15) is 5.10 Å². The van der Waals surface area contributed by atoms with E-state index in [-0.39, 0.29) is 0 Å². The molecule has 0 rings (SSSR count). The van der Waals surface area contributed by atoms with E-state index in [2.05, 4.69) is 24.4 Å². The van der Waals surface area contributed by atoms with Crippen molar-refractivity contribution in [1.82, 2.24) is 5.43 Å². The average Bonchev–Trinajstić information content (AvgIpc) is 1.71. The number of hydrogen-bond acceptors (Lipinski definition) is 2. The molecule has 0 bridgehead atoms. The van der Waals surface area contributed by atoms with Crippen LogP contribution in [-0.2, 0) is 0 Å². The first-order valence-corrected chi connectivity index (χ1v) is 2.97. The Morgan fingerprint density at radius 2 is 1.88 bits per heavy atom. The van der Waals surface area contributed by atoms with Gasteiger partial charge in [0.25, 0.3) is 0 Å². The molecule has 0 aromatic carbocycles. The number of hydrogen-bond donors (Lipinski definition) is 1. The Balaban J connectivity index is 0. The monoisotopic (exact) mass is 116 g/mol. The summed E-state index contributed by atoms with van der Waals surface area (Å²) < 4.78 is 0. The van der Waals surface area contributed by atoms with Gasteiger partial charge in [0.1, 0.15) is 0 Å². The summed E-state index contributed by atoms with van der Waals surface area (Å²) >= 11 is 0. The molecule has 0 aliphatic heterocycles. The Morgan fingerprint density at radius 3 is 1.88 bits per heavy atom. The highest BCUT2D eigenvalue weighted by Crippen LogP contribution is 1.56. The molecule has 0 aromatic heterocycles. The summed E-state index contributed by atoms with van der Waals surface area (Å²) in [4.78, 5) is 0. The largest absolute Gasteiger partial charge is 0.313 e. The first-order chi connectivity index (χ1) is 3.83. The molecule has 2 heteroatoms. The average molecular weight is 116 g/mol. The van der Waals surface area contributed by atoms with Crippen molar-refractivity contribution in [3.05, 3.63) is 0 Å². The predicted molar refractivity (Wildman–Crippen MR) is 39.2 cm³/mol. The Kier molecular flexibility index (Phi) is 21.0. The molecular weight excluding hydrogens is 100 g/mol. The normalized spacial score (nSPS) is 8.00. The van der Waals surface area contributed by atoms with Gasteiger partial charge in [-0.05, 0) is 6.92 Å². The van der Waals surface area contributed by atoms with Crippen molar-refractivity contribution < 1.29 is 0 Å². The van der Waals surface area contributed by atoms with E-state index in [1.165, 1.54) is 6.42 Å². The predicted octanol–water partition coefficient (Wildman–Crippen LogP) is 1.63. The molecule has 0 saturated carbocycles. The van der Waals surface area contributed by atoms with Crippen LogP contribution < -0.4 is 5.43 Å². The van der Waals surface area contributed by atoms with Gasteiger partial charge in [0.05, 0.1) is 0 Å². The standard InChI is InChI=1S/C3H8N2.C3H8/c1-3-5-4-2;1-3-2/h3-4H,1-2H3;3H2,1-2H3/b5-3-;. The summed E-state index contributed by atoms with van der Waals surface area (Å²) in [5.41, 5.74) is 2.59. The highest BCUT2D eigenvalue weighted by atomic mass is 15.2. The third kappa shape index (κ3) is 50.6. The number of hydrazone groups is 1. The third-order valence-corrected chi connectivity index (χ3v) is 0.258. The van der Waals surface area contributed by atoms with E-state index < -0.39 is 0 Å². The minimum absolute atomic E-state index is 1.25. The van der Waals surface area contributed by atoms with Crippen LogP contribution in [-0.4, -0.2) is 13.3 Å². The van der Waals surface area contributed by atoms with Gasteiger partial charge in [0.2, 0.25) is 0 Å². The van der Waals surface area contributed by atoms with Gasteiger partial charge in [0.15, 0.2) is 0 Å². The van der Waals surface area contributed by atoms with E-state index in [4.69, 9.17) is 0 Å². The molecule has 0 saturated heterocycles. The third-order valence-electron chi connectivity index (χ3n) is 0.258. The van der Waals surface area contributed by atoms with Gasteiger partial charge in [-0.25, -0.2) is 0 Å². The van der Waals surface area contributed by atoms with E-state index in [9.17, 15) is 0 Å². The molecule has 0 aliphatic rings. The van der Waals surface area contributed by atoms with Crippen LogP contribution in [0.3, 0.4) is 0 Å². The first kappa shape index (κ1) is 10.5. The molecule has 0 spiro atoms. The lowest BCUT2D eigenvalue weighted by Gasteiger charge is -1.75. The molecule has 0 unspecified atom stereocenters.